The summed E-state index contributed by atoms with van der Waals surface area (Å²) in [6.45, 7) is 2.57. The Kier molecular flexibility index (Phi) is 7.07. The Labute approximate surface area is 92.9 Å². The summed E-state index contributed by atoms with van der Waals surface area (Å²) >= 11 is 0. The van der Waals surface area contributed by atoms with E-state index in [1.165, 1.54) is 6.21 Å². The summed E-state index contributed by atoms with van der Waals surface area (Å²) in [7, 11) is 0. The summed E-state index contributed by atoms with van der Waals surface area (Å²) in [6.07, 6.45) is 1.29. The van der Waals surface area contributed by atoms with Crippen LogP contribution < -0.4 is 22.9 Å². The quantitative estimate of drug-likeness (QED) is 0.232. The fraction of sp³-hybridized carbons (Fsp3) is 0.429. The van der Waals surface area contributed by atoms with E-state index < -0.39 is 0 Å². The van der Waals surface area contributed by atoms with Crippen molar-refractivity contribution in [1.82, 2.24) is 0 Å². The predicted octanol–water partition coefficient (Wildman–Crippen LogP) is -2.09. The zero-order valence-electron chi connectivity index (χ0n) is 9.00. The van der Waals surface area contributed by atoms with E-state index in [0.717, 1.165) is 0 Å². The molecule has 0 bridgehead atoms. The smallest absolute Gasteiger partial charge is 0.211 e. The van der Waals surface area contributed by atoms with Crippen molar-refractivity contribution in [3.05, 3.63) is 0 Å². The largest absolute Gasteiger partial charge is 0.375 e. The first-order valence-corrected chi connectivity index (χ1v) is 4.41. The molecule has 9 nitrogen and oxygen atoms in total. The number of hydrogen-bond acceptors (Lipinski definition) is 5. The van der Waals surface area contributed by atoms with Gasteiger partial charge in [0, 0.05) is 6.61 Å². The highest BCUT2D eigenvalue weighted by Crippen LogP contribution is 1.83. The van der Waals surface area contributed by atoms with Gasteiger partial charge >= 0.3 is 0 Å². The molecule has 0 aliphatic rings. The maximum absolute atomic E-state index is 5.11. The molecule has 0 radical (unpaired) electrons. The molecule has 0 amide bonds. The van der Waals surface area contributed by atoms with Gasteiger partial charge in [-0.05, 0) is 6.92 Å². The van der Waals surface area contributed by atoms with Crippen molar-refractivity contribution >= 4 is 23.8 Å². The minimum atomic E-state index is -0.163. The molecule has 90 valence electrons. The summed E-state index contributed by atoms with van der Waals surface area (Å²) in [4.78, 5) is 0. The summed E-state index contributed by atoms with van der Waals surface area (Å²) in [6, 6.07) is 0. The van der Waals surface area contributed by atoms with E-state index in [0.29, 0.717) is 12.3 Å². The van der Waals surface area contributed by atoms with Crippen LogP contribution in [0.2, 0.25) is 0 Å². The molecule has 8 N–H and O–H groups in total. The van der Waals surface area contributed by atoms with Gasteiger partial charge in [0.25, 0.3) is 0 Å². The average molecular weight is 228 g/mol. The zero-order valence-corrected chi connectivity index (χ0v) is 9.00. The summed E-state index contributed by atoms with van der Waals surface area (Å²) in [5.41, 5.74) is 20.8. The van der Waals surface area contributed by atoms with Crippen molar-refractivity contribution in [3.63, 3.8) is 0 Å². The van der Waals surface area contributed by atoms with Crippen molar-refractivity contribution in [1.29, 1.82) is 0 Å². The molecule has 0 spiro atoms. The Balaban J connectivity index is 4.55. The van der Waals surface area contributed by atoms with Gasteiger partial charge in [-0.2, -0.15) is 5.10 Å². The molecule has 0 aromatic rings. The molecule has 0 fully saturated rings. The van der Waals surface area contributed by atoms with Gasteiger partial charge < -0.3 is 27.7 Å². The van der Waals surface area contributed by atoms with Crippen LogP contribution in [0.25, 0.3) is 0 Å². The molecule has 0 aromatic heterocycles. The normalized spacial score (nSPS) is 11.4. The van der Waals surface area contributed by atoms with Crippen molar-refractivity contribution < 1.29 is 4.74 Å². The van der Waals surface area contributed by atoms with Crippen LogP contribution in [-0.2, 0) is 4.74 Å². The predicted molar refractivity (Wildman–Crippen MR) is 64.0 cm³/mol. The van der Waals surface area contributed by atoms with Gasteiger partial charge in [-0.1, -0.05) is 0 Å². The topological polar surface area (TPSA) is 163 Å². The van der Waals surface area contributed by atoms with Gasteiger partial charge in [-0.3, -0.25) is 0 Å². The van der Waals surface area contributed by atoms with Gasteiger partial charge in [-0.25, -0.2) is 0 Å². The maximum Gasteiger partial charge on any atom is 0.211 e. The minimum absolute atomic E-state index is 0.158. The molecule has 0 saturated heterocycles. The van der Waals surface area contributed by atoms with E-state index >= 15 is 0 Å². The van der Waals surface area contributed by atoms with Crippen molar-refractivity contribution in [2.75, 3.05) is 13.2 Å². The second-order valence-corrected chi connectivity index (χ2v) is 2.52. The SMILES string of the molecule is CCOCC(/C=N/N=C(N)N)=N\N=C(N)N. The molecule has 16 heavy (non-hydrogen) atoms. The van der Waals surface area contributed by atoms with Crippen LogP contribution in [-0.4, -0.2) is 37.1 Å². The maximum atomic E-state index is 5.11. The van der Waals surface area contributed by atoms with Crippen LogP contribution in [0.15, 0.2) is 20.4 Å². The van der Waals surface area contributed by atoms with Crippen LogP contribution in [0.4, 0.5) is 0 Å². The Hall–Kier alpha value is -2.16. The molecule has 0 aliphatic heterocycles. The Bertz CT molecular complexity index is 310. The Morgan fingerprint density at radius 1 is 1.06 bits per heavy atom. The third kappa shape index (κ3) is 8.44. The van der Waals surface area contributed by atoms with Crippen molar-refractivity contribution in [2.45, 2.75) is 6.92 Å². The average Bonchev–Trinajstić information content (AvgIpc) is 2.20. The molecule has 0 aromatic carbocycles. The third-order valence-corrected chi connectivity index (χ3v) is 1.13. The van der Waals surface area contributed by atoms with E-state index in [-0.39, 0.29) is 18.5 Å². The van der Waals surface area contributed by atoms with Crippen molar-refractivity contribution in [3.8, 4) is 0 Å². The third-order valence-electron chi connectivity index (χ3n) is 1.13. The van der Waals surface area contributed by atoms with Crippen LogP contribution >= 0.6 is 0 Å². The van der Waals surface area contributed by atoms with Gasteiger partial charge in [0.15, 0.2) is 0 Å². The Morgan fingerprint density at radius 2 is 1.69 bits per heavy atom. The van der Waals surface area contributed by atoms with E-state index in [4.69, 9.17) is 27.7 Å². The van der Waals surface area contributed by atoms with Crippen LogP contribution in [0, 0.1) is 0 Å². The number of hydrogen-bond donors (Lipinski definition) is 4. The van der Waals surface area contributed by atoms with Gasteiger partial charge in [0.2, 0.25) is 11.9 Å². The molecule has 0 atom stereocenters. The first-order chi connectivity index (χ1) is 7.56. The monoisotopic (exact) mass is 228 g/mol. The second-order valence-electron chi connectivity index (χ2n) is 2.52. The first kappa shape index (κ1) is 13.8. The van der Waals surface area contributed by atoms with E-state index in [1.54, 1.807) is 0 Å². The zero-order chi connectivity index (χ0) is 12.4. The van der Waals surface area contributed by atoms with Crippen LogP contribution in [0.1, 0.15) is 6.92 Å². The van der Waals surface area contributed by atoms with E-state index in [2.05, 4.69) is 20.4 Å². The molecule has 0 saturated carbocycles. The number of guanidine groups is 2. The summed E-state index contributed by atoms with van der Waals surface area (Å²) in [5, 5.41) is 14.1. The first-order valence-electron chi connectivity index (χ1n) is 4.41. The summed E-state index contributed by atoms with van der Waals surface area (Å²) < 4.78 is 5.10. The lowest BCUT2D eigenvalue weighted by Crippen LogP contribution is -2.23. The standard InChI is InChI=1S/C7H16N8O/c1-2-16-4-5(13-15-7(10)11)3-12-14-6(8)9/h3H,2,4H2,1H3,(H4,8,9,14)(H4,10,11,15)/b12-3+,13-5-. The fourth-order valence-corrected chi connectivity index (χ4v) is 0.583. The number of nitrogens with two attached hydrogens (primary N) is 4. The van der Waals surface area contributed by atoms with Gasteiger partial charge in [-0.15, -0.1) is 15.3 Å². The number of nitrogens with zero attached hydrogens (tertiary/aromatic N) is 4. The van der Waals surface area contributed by atoms with Crippen LogP contribution in [0.3, 0.4) is 0 Å². The highest BCUT2D eigenvalue weighted by molar-refractivity contribution is 6.31. The number of rotatable bonds is 6. The van der Waals surface area contributed by atoms with Crippen LogP contribution in [0.5, 0.6) is 0 Å². The molecular weight excluding hydrogens is 212 g/mol. The highest BCUT2D eigenvalue weighted by Gasteiger charge is 1.95. The Morgan fingerprint density at radius 3 is 2.19 bits per heavy atom. The van der Waals surface area contributed by atoms with Gasteiger partial charge in [0.05, 0.1) is 12.8 Å². The molecular formula is C7H16N8O. The second kappa shape index (κ2) is 8.17. The lowest BCUT2D eigenvalue weighted by Gasteiger charge is -1.98. The summed E-state index contributed by atoms with van der Waals surface area (Å²) in [5.74, 6) is -0.321. The molecule has 0 rings (SSSR count). The van der Waals surface area contributed by atoms with E-state index in [1.807, 2.05) is 6.92 Å². The van der Waals surface area contributed by atoms with Crippen molar-refractivity contribution in [2.24, 2.45) is 43.3 Å². The molecule has 0 heterocycles. The lowest BCUT2D eigenvalue weighted by molar-refractivity contribution is 0.188. The highest BCUT2D eigenvalue weighted by atomic mass is 16.5. The molecule has 9 heteroatoms. The van der Waals surface area contributed by atoms with Gasteiger partial charge in [0.1, 0.15) is 5.71 Å². The van der Waals surface area contributed by atoms with E-state index in [9.17, 15) is 0 Å². The molecule has 0 aliphatic carbocycles. The number of ether oxygens (including phenoxy) is 1. The molecule has 0 unspecified atom stereocenters. The fourth-order valence-electron chi connectivity index (χ4n) is 0.583. The minimum Gasteiger partial charge on any atom is -0.375 e. The lowest BCUT2D eigenvalue weighted by atomic mass is 10.4.